The number of rotatable bonds is 3. The fraction of sp³-hybridized carbons (Fsp3) is 0.600. The van der Waals surface area contributed by atoms with Crippen LogP contribution in [-0.4, -0.2) is 50.7 Å². The minimum Gasteiger partial charge on any atom is -0.393 e. The van der Waals surface area contributed by atoms with Crippen LogP contribution < -0.4 is 11.2 Å². The Morgan fingerprint density at radius 2 is 2.14 bits per heavy atom. The van der Waals surface area contributed by atoms with Crippen molar-refractivity contribution in [3.8, 4) is 0 Å². The molecule has 1 fully saturated rings. The van der Waals surface area contributed by atoms with Crippen molar-refractivity contribution in [1.29, 1.82) is 0 Å². The highest BCUT2D eigenvalue weighted by atomic mass is 35.5. The van der Waals surface area contributed by atoms with Gasteiger partial charge in [-0.05, 0) is 0 Å². The number of nitrogens with one attached hydrogen (secondary N) is 1. The number of alkyl halides is 3. The number of aliphatic hydroxyl groups is 2. The lowest BCUT2D eigenvalue weighted by Gasteiger charge is -2.28. The van der Waals surface area contributed by atoms with Gasteiger partial charge in [0, 0.05) is 6.20 Å². The van der Waals surface area contributed by atoms with Gasteiger partial charge in [0.05, 0.1) is 6.61 Å². The van der Waals surface area contributed by atoms with E-state index in [0.717, 1.165) is 0 Å². The molecule has 21 heavy (non-hydrogen) atoms. The summed E-state index contributed by atoms with van der Waals surface area (Å²) in [5.41, 5.74) is -4.98. The summed E-state index contributed by atoms with van der Waals surface area (Å²) in [6, 6.07) is 0. The maximum Gasteiger partial charge on any atom is 0.330 e. The average Bonchev–Trinajstić information content (AvgIpc) is 2.68. The third-order valence-electron chi connectivity index (χ3n) is 3.23. The molecule has 0 radical (unpaired) electrons. The normalized spacial score (nSPS) is 32.8. The summed E-state index contributed by atoms with van der Waals surface area (Å²) in [6.45, 7) is -1.37. The van der Waals surface area contributed by atoms with Crippen LogP contribution in [0, 0.1) is 0 Å². The Kier molecular flexibility index (Phi) is 4.15. The van der Waals surface area contributed by atoms with E-state index < -0.39 is 53.4 Å². The number of hydrogen-bond acceptors (Lipinski definition) is 5. The van der Waals surface area contributed by atoms with E-state index in [2.05, 4.69) is 0 Å². The van der Waals surface area contributed by atoms with E-state index in [4.69, 9.17) is 21.4 Å². The van der Waals surface area contributed by atoms with Gasteiger partial charge in [0.1, 0.15) is 11.1 Å². The van der Waals surface area contributed by atoms with Crippen LogP contribution in [0.5, 0.6) is 0 Å². The Bertz CT molecular complexity index is 650. The number of nitrogens with zero attached hydrogens (tertiary/aromatic N) is 1. The van der Waals surface area contributed by atoms with E-state index in [1.54, 1.807) is 4.98 Å². The molecule has 118 valence electrons. The lowest BCUT2D eigenvalue weighted by Crippen LogP contribution is -2.51. The first-order chi connectivity index (χ1) is 9.74. The minimum atomic E-state index is -3.41. The summed E-state index contributed by atoms with van der Waals surface area (Å²) in [5, 5.41) is 18.1. The second kappa shape index (κ2) is 5.44. The molecular weight excluding hydrogens is 321 g/mol. The molecule has 4 atom stereocenters. The Morgan fingerprint density at radius 1 is 1.52 bits per heavy atom. The van der Waals surface area contributed by atoms with Gasteiger partial charge in [0.15, 0.2) is 18.0 Å². The van der Waals surface area contributed by atoms with Crippen molar-refractivity contribution in [2.45, 2.75) is 30.5 Å². The number of halogens is 4. The van der Waals surface area contributed by atoms with Crippen molar-refractivity contribution in [3.63, 3.8) is 0 Å². The SMILES string of the molecule is O=c1[nH]c(=O)n([C@H]2O[C@](CO)(C(F)F)C(O)C2F)cc1Cl. The summed E-state index contributed by atoms with van der Waals surface area (Å²) >= 11 is 5.47. The molecule has 2 unspecified atom stereocenters. The molecule has 1 aromatic rings. The summed E-state index contributed by atoms with van der Waals surface area (Å²) in [5.74, 6) is 0. The van der Waals surface area contributed by atoms with Gasteiger partial charge in [-0.2, -0.15) is 0 Å². The third kappa shape index (κ3) is 2.37. The largest absolute Gasteiger partial charge is 0.393 e. The molecule has 0 aromatic carbocycles. The highest BCUT2D eigenvalue weighted by Gasteiger charge is 2.61. The van der Waals surface area contributed by atoms with E-state index in [1.165, 1.54) is 0 Å². The number of hydrogen-bond donors (Lipinski definition) is 3. The van der Waals surface area contributed by atoms with Crippen molar-refractivity contribution in [2.75, 3.05) is 6.61 Å². The van der Waals surface area contributed by atoms with Gasteiger partial charge < -0.3 is 14.9 Å². The van der Waals surface area contributed by atoms with Crippen LogP contribution in [0.3, 0.4) is 0 Å². The monoisotopic (exact) mass is 330 g/mol. The molecule has 0 aliphatic carbocycles. The van der Waals surface area contributed by atoms with Crippen LogP contribution in [0.25, 0.3) is 0 Å². The molecule has 0 amide bonds. The highest BCUT2D eigenvalue weighted by Crippen LogP contribution is 2.41. The highest BCUT2D eigenvalue weighted by molar-refractivity contribution is 6.30. The van der Waals surface area contributed by atoms with Gasteiger partial charge in [-0.15, -0.1) is 0 Å². The molecule has 7 nitrogen and oxygen atoms in total. The maximum atomic E-state index is 14.0. The van der Waals surface area contributed by atoms with Crippen LogP contribution in [0.1, 0.15) is 6.23 Å². The van der Waals surface area contributed by atoms with Crippen LogP contribution in [0.4, 0.5) is 13.2 Å². The molecule has 0 spiro atoms. The number of aliphatic hydroxyl groups excluding tert-OH is 2. The van der Waals surface area contributed by atoms with E-state index in [1.807, 2.05) is 0 Å². The Labute approximate surface area is 119 Å². The fourth-order valence-corrected chi connectivity index (χ4v) is 2.18. The summed E-state index contributed by atoms with van der Waals surface area (Å²) in [6.07, 6.45) is -9.49. The zero-order chi connectivity index (χ0) is 15.9. The van der Waals surface area contributed by atoms with Crippen LogP contribution in [0.2, 0.25) is 5.02 Å². The summed E-state index contributed by atoms with van der Waals surface area (Å²) < 4.78 is 45.1. The van der Waals surface area contributed by atoms with E-state index in [0.29, 0.717) is 10.8 Å². The van der Waals surface area contributed by atoms with E-state index >= 15 is 0 Å². The smallest absolute Gasteiger partial charge is 0.330 e. The molecule has 1 aliphatic heterocycles. The Hall–Kier alpha value is -1.36. The quantitative estimate of drug-likeness (QED) is 0.687. The van der Waals surface area contributed by atoms with E-state index in [-0.39, 0.29) is 0 Å². The lowest BCUT2D eigenvalue weighted by atomic mass is 9.97. The Morgan fingerprint density at radius 3 is 2.62 bits per heavy atom. The first-order valence-corrected chi connectivity index (χ1v) is 6.02. The van der Waals surface area contributed by atoms with Crippen LogP contribution in [-0.2, 0) is 4.74 Å². The predicted molar refractivity (Wildman–Crippen MR) is 63.2 cm³/mol. The van der Waals surface area contributed by atoms with Crippen molar-refractivity contribution >= 4 is 11.6 Å². The lowest BCUT2D eigenvalue weighted by molar-refractivity contribution is -0.195. The summed E-state index contributed by atoms with van der Waals surface area (Å²) in [4.78, 5) is 24.4. The zero-order valence-corrected chi connectivity index (χ0v) is 10.9. The molecule has 1 aliphatic rings. The molecule has 2 rings (SSSR count). The number of aromatic amines is 1. The maximum absolute atomic E-state index is 14.0. The first kappa shape index (κ1) is 16.0. The molecule has 11 heteroatoms. The van der Waals surface area contributed by atoms with Gasteiger partial charge in [-0.25, -0.2) is 18.0 Å². The van der Waals surface area contributed by atoms with Crippen molar-refractivity contribution < 1.29 is 28.1 Å². The number of H-pyrrole nitrogens is 1. The van der Waals surface area contributed by atoms with Crippen molar-refractivity contribution in [2.24, 2.45) is 0 Å². The average molecular weight is 331 g/mol. The van der Waals surface area contributed by atoms with Gasteiger partial charge in [-0.3, -0.25) is 14.3 Å². The molecule has 2 heterocycles. The van der Waals surface area contributed by atoms with Crippen LogP contribution in [0.15, 0.2) is 15.8 Å². The van der Waals surface area contributed by atoms with Gasteiger partial charge in [-0.1, -0.05) is 11.6 Å². The van der Waals surface area contributed by atoms with E-state index in [9.17, 15) is 27.9 Å². The molecule has 3 N–H and O–H groups in total. The zero-order valence-electron chi connectivity index (χ0n) is 10.2. The molecular formula is C10H10ClF3N2O5. The molecule has 0 bridgehead atoms. The summed E-state index contributed by atoms with van der Waals surface area (Å²) in [7, 11) is 0. The first-order valence-electron chi connectivity index (χ1n) is 5.64. The number of aromatic nitrogens is 2. The van der Waals surface area contributed by atoms with Crippen LogP contribution >= 0.6 is 11.6 Å². The van der Waals surface area contributed by atoms with Gasteiger partial charge in [0.25, 0.3) is 12.0 Å². The standard InChI is InChI=1S/C10H10ClF3N2O5/c11-3-1-16(9(20)15-6(3)19)7-4(12)5(18)10(2-17,21-7)8(13)14/h1,4-5,7-8,17-18H,2H2,(H,15,19,20)/t4?,5?,7-,10-/m0/s1. The second-order valence-electron chi connectivity index (χ2n) is 4.46. The molecule has 1 aromatic heterocycles. The molecule has 0 saturated carbocycles. The minimum absolute atomic E-state index is 0.428. The Balaban J connectivity index is 2.50. The molecule has 1 saturated heterocycles. The number of ether oxygens (including phenoxy) is 1. The van der Waals surface area contributed by atoms with Crippen molar-refractivity contribution in [1.82, 2.24) is 9.55 Å². The fourth-order valence-electron chi connectivity index (χ4n) is 2.03. The topological polar surface area (TPSA) is 105 Å². The van der Waals surface area contributed by atoms with Gasteiger partial charge in [0.2, 0.25) is 0 Å². The third-order valence-corrected chi connectivity index (χ3v) is 3.50. The second-order valence-corrected chi connectivity index (χ2v) is 4.86. The predicted octanol–water partition coefficient (Wildman–Crippen LogP) is -0.586. The van der Waals surface area contributed by atoms with Gasteiger partial charge >= 0.3 is 5.69 Å². The van der Waals surface area contributed by atoms with Crippen molar-refractivity contribution in [3.05, 3.63) is 32.1 Å².